The molecule has 0 aromatic heterocycles. The molecule has 2 aliphatic heterocycles. The molecule has 0 saturated carbocycles. The van der Waals surface area contributed by atoms with Crippen molar-refractivity contribution in [3.8, 4) is 0 Å². The summed E-state index contributed by atoms with van der Waals surface area (Å²) in [5, 5.41) is 0. The topological polar surface area (TPSA) is 49.4 Å². The van der Waals surface area contributed by atoms with Gasteiger partial charge in [0.1, 0.15) is 18.4 Å². The first kappa shape index (κ1) is 7.94. The summed E-state index contributed by atoms with van der Waals surface area (Å²) in [7, 11) is 0. The molecule has 62 valence electrons. The van der Waals surface area contributed by atoms with Gasteiger partial charge in [-0.25, -0.2) is 20.0 Å². The Bertz CT molecular complexity index is 332. The Kier molecular flexibility index (Phi) is 1.77. The zero-order valence-corrected chi connectivity index (χ0v) is 7.80. The lowest BCUT2D eigenvalue weighted by Crippen LogP contribution is -2.33. The van der Waals surface area contributed by atoms with Crippen molar-refractivity contribution in [3.05, 3.63) is 0 Å². The quantitative estimate of drug-likeness (QED) is 0.463. The fourth-order valence-electron chi connectivity index (χ4n) is 0.940. The van der Waals surface area contributed by atoms with Crippen molar-refractivity contribution < 1.29 is 0 Å². The summed E-state index contributed by atoms with van der Waals surface area (Å²) >= 11 is 7.53. The summed E-state index contributed by atoms with van der Waals surface area (Å²) in [6.45, 7) is 0. The third-order valence-electron chi connectivity index (χ3n) is 1.55. The van der Waals surface area contributed by atoms with E-state index in [-0.39, 0.29) is 0 Å². The molecule has 0 spiro atoms. The van der Waals surface area contributed by atoms with Crippen molar-refractivity contribution >= 4 is 47.6 Å². The van der Waals surface area contributed by atoms with Crippen LogP contribution in [0.15, 0.2) is 20.0 Å². The Hall–Kier alpha value is -0.680. The number of thioether (sulfide) groups is 1. The minimum atomic E-state index is -0.826. The van der Waals surface area contributed by atoms with E-state index in [1.807, 2.05) is 6.26 Å². The average molecular weight is 201 g/mol. The van der Waals surface area contributed by atoms with Gasteiger partial charge < -0.3 is 0 Å². The average Bonchev–Trinajstić information content (AvgIpc) is 2.54. The minimum Gasteiger partial charge on any atom is -0.234 e. The van der Waals surface area contributed by atoms with E-state index >= 15 is 0 Å². The Balaban J connectivity index is 2.45. The third-order valence-corrected chi connectivity index (χ3v) is 3.12. The van der Waals surface area contributed by atoms with Gasteiger partial charge in [-0.3, -0.25) is 0 Å². The lowest BCUT2D eigenvalue weighted by Gasteiger charge is -2.21. The van der Waals surface area contributed by atoms with Crippen LogP contribution in [0.3, 0.4) is 0 Å². The molecule has 12 heavy (non-hydrogen) atoms. The summed E-state index contributed by atoms with van der Waals surface area (Å²) < 4.78 is -0.826. The number of fused-ring (bicyclic) bond motifs is 1. The Morgan fingerprint density at radius 2 is 2.25 bits per heavy atom. The molecule has 0 bridgehead atoms. The number of amidine groups is 1. The van der Waals surface area contributed by atoms with E-state index in [0.717, 1.165) is 0 Å². The van der Waals surface area contributed by atoms with E-state index in [1.165, 1.54) is 24.4 Å². The lowest BCUT2D eigenvalue weighted by atomic mass is 10.3. The Morgan fingerprint density at radius 1 is 1.42 bits per heavy atom. The summed E-state index contributed by atoms with van der Waals surface area (Å²) in [4.78, 5) is 15.9. The van der Waals surface area contributed by atoms with E-state index in [4.69, 9.17) is 11.6 Å². The molecule has 0 aromatic rings. The van der Waals surface area contributed by atoms with Gasteiger partial charge in [-0.2, -0.15) is 0 Å². The first-order valence-electron chi connectivity index (χ1n) is 3.23. The van der Waals surface area contributed by atoms with Gasteiger partial charge in [0, 0.05) is 0 Å². The van der Waals surface area contributed by atoms with Crippen LogP contribution in [0.4, 0.5) is 0 Å². The number of halogens is 1. The van der Waals surface area contributed by atoms with Crippen LogP contribution in [-0.2, 0) is 0 Å². The van der Waals surface area contributed by atoms with Gasteiger partial charge in [-0.15, -0.1) is 11.8 Å². The fourth-order valence-corrected chi connectivity index (χ4v) is 1.61. The highest BCUT2D eigenvalue weighted by Crippen LogP contribution is 2.34. The molecule has 2 rings (SSSR count). The number of aliphatic imine (C=N–C) groups is 4. The molecule has 1 atom stereocenters. The van der Waals surface area contributed by atoms with Gasteiger partial charge in [0.15, 0.2) is 5.84 Å². The second kappa shape index (κ2) is 2.67. The maximum absolute atomic E-state index is 6.13. The predicted octanol–water partition coefficient (Wildman–Crippen LogP) is 1.17. The van der Waals surface area contributed by atoms with Crippen LogP contribution < -0.4 is 0 Å². The maximum atomic E-state index is 6.13. The van der Waals surface area contributed by atoms with Crippen molar-refractivity contribution in [2.75, 3.05) is 6.26 Å². The van der Waals surface area contributed by atoms with E-state index in [0.29, 0.717) is 11.5 Å². The van der Waals surface area contributed by atoms with Crippen LogP contribution in [0.1, 0.15) is 0 Å². The van der Waals surface area contributed by atoms with E-state index < -0.39 is 4.33 Å². The molecule has 0 saturated heterocycles. The number of rotatable bonds is 1. The zero-order valence-electron chi connectivity index (χ0n) is 6.23. The molecular formula is C6H5ClN4S. The standard InChI is InChI=1S/C6H5ClN4S/c1-12-6(7)4-5(9-2-8-4)10-3-11-6/h2-3H,1H3. The first-order valence-corrected chi connectivity index (χ1v) is 4.83. The van der Waals surface area contributed by atoms with E-state index in [1.54, 1.807) is 0 Å². The van der Waals surface area contributed by atoms with Gasteiger partial charge in [0.2, 0.25) is 4.33 Å². The summed E-state index contributed by atoms with van der Waals surface area (Å²) in [6.07, 6.45) is 4.73. The molecule has 0 N–H and O–H groups in total. The van der Waals surface area contributed by atoms with Gasteiger partial charge >= 0.3 is 0 Å². The zero-order chi connectivity index (χ0) is 8.60. The molecule has 0 aliphatic carbocycles. The monoisotopic (exact) mass is 200 g/mol. The van der Waals surface area contributed by atoms with Gasteiger partial charge in [-0.05, 0) is 6.26 Å². The molecule has 2 aliphatic rings. The van der Waals surface area contributed by atoms with E-state index in [2.05, 4.69) is 20.0 Å². The van der Waals surface area contributed by atoms with Crippen LogP contribution in [0.25, 0.3) is 0 Å². The Labute approximate surface area is 78.6 Å². The van der Waals surface area contributed by atoms with Crippen LogP contribution in [0, 0.1) is 0 Å². The molecule has 4 nitrogen and oxygen atoms in total. The number of hydrogen-bond acceptors (Lipinski definition) is 5. The maximum Gasteiger partial charge on any atom is 0.227 e. The highest BCUT2D eigenvalue weighted by molar-refractivity contribution is 8.02. The second-order valence-corrected chi connectivity index (χ2v) is 3.96. The van der Waals surface area contributed by atoms with Crippen molar-refractivity contribution in [1.82, 2.24) is 0 Å². The minimum absolute atomic E-state index is 0.564. The third kappa shape index (κ3) is 1.01. The van der Waals surface area contributed by atoms with Crippen LogP contribution in [-0.4, -0.2) is 34.8 Å². The highest BCUT2D eigenvalue weighted by atomic mass is 35.5. The van der Waals surface area contributed by atoms with Crippen molar-refractivity contribution in [3.63, 3.8) is 0 Å². The lowest BCUT2D eigenvalue weighted by molar-refractivity contribution is 1.12. The summed E-state index contributed by atoms with van der Waals surface area (Å²) in [5.41, 5.74) is 0.624. The van der Waals surface area contributed by atoms with Crippen molar-refractivity contribution in [2.24, 2.45) is 20.0 Å². The largest absolute Gasteiger partial charge is 0.234 e. The van der Waals surface area contributed by atoms with Gasteiger partial charge in [-0.1, -0.05) is 11.6 Å². The SMILES string of the molecule is CSC1(Cl)N=CN=C2N=CN=C21. The Morgan fingerprint density at radius 3 is 3.00 bits per heavy atom. The molecule has 6 heteroatoms. The van der Waals surface area contributed by atoms with Crippen LogP contribution >= 0.6 is 23.4 Å². The van der Waals surface area contributed by atoms with Gasteiger partial charge in [0.25, 0.3) is 0 Å². The summed E-state index contributed by atoms with van der Waals surface area (Å²) in [6, 6.07) is 0. The number of hydrogen-bond donors (Lipinski definition) is 0. The second-order valence-electron chi connectivity index (χ2n) is 2.18. The van der Waals surface area contributed by atoms with Crippen LogP contribution in [0.2, 0.25) is 0 Å². The molecule has 0 fully saturated rings. The molecular weight excluding hydrogens is 196 g/mol. The molecule has 0 radical (unpaired) electrons. The molecule has 1 unspecified atom stereocenters. The first-order chi connectivity index (χ1) is 5.76. The van der Waals surface area contributed by atoms with E-state index in [9.17, 15) is 0 Å². The molecule has 2 heterocycles. The molecule has 0 aromatic carbocycles. The fraction of sp³-hybridized carbons (Fsp3) is 0.333. The van der Waals surface area contributed by atoms with Crippen molar-refractivity contribution in [1.29, 1.82) is 0 Å². The smallest absolute Gasteiger partial charge is 0.227 e. The van der Waals surface area contributed by atoms with Gasteiger partial charge in [0.05, 0.1) is 0 Å². The summed E-state index contributed by atoms with van der Waals surface area (Å²) in [5.74, 6) is 0.564. The van der Waals surface area contributed by atoms with Crippen LogP contribution in [0.5, 0.6) is 0 Å². The number of alkyl halides is 1. The number of nitrogens with zero attached hydrogens (tertiary/aromatic N) is 4. The highest BCUT2D eigenvalue weighted by Gasteiger charge is 2.38. The normalized spacial score (nSPS) is 31.5. The predicted molar refractivity (Wildman–Crippen MR) is 54.0 cm³/mol. The molecule has 0 amide bonds. The van der Waals surface area contributed by atoms with Crippen molar-refractivity contribution in [2.45, 2.75) is 4.33 Å².